The molecule has 0 saturated heterocycles. The number of rotatable bonds is 6. The summed E-state index contributed by atoms with van der Waals surface area (Å²) in [7, 11) is -3.95. The molecule has 0 radical (unpaired) electrons. The first-order chi connectivity index (χ1) is 14.2. The summed E-state index contributed by atoms with van der Waals surface area (Å²) >= 11 is 5.88. The number of aryl methyl sites for hydroxylation is 3. The van der Waals surface area contributed by atoms with Crippen molar-refractivity contribution < 1.29 is 13.2 Å². The Hall–Kier alpha value is -2.83. The van der Waals surface area contributed by atoms with Crippen LogP contribution in [-0.4, -0.2) is 20.9 Å². The van der Waals surface area contributed by atoms with Gasteiger partial charge in [0.2, 0.25) is 5.91 Å². The molecule has 5 nitrogen and oxygen atoms in total. The van der Waals surface area contributed by atoms with Crippen LogP contribution in [0.3, 0.4) is 0 Å². The summed E-state index contributed by atoms with van der Waals surface area (Å²) in [6, 6.07) is 18.7. The highest BCUT2D eigenvalue weighted by Crippen LogP contribution is 2.28. The number of nitrogens with zero attached hydrogens (tertiary/aromatic N) is 1. The molecule has 0 aliphatic carbocycles. The number of nitrogens with one attached hydrogen (secondary N) is 1. The summed E-state index contributed by atoms with van der Waals surface area (Å²) in [5.41, 5.74) is 3.73. The molecule has 0 aliphatic rings. The number of amides is 1. The molecule has 0 aliphatic heterocycles. The lowest BCUT2D eigenvalue weighted by Crippen LogP contribution is -2.38. The number of carbonyl (C=O) groups excluding carboxylic acids is 1. The SMILES string of the molecule is Cc1ccc(S(=O)(=O)N(CC(=O)Nc2ccc(Cl)cc2)c2ccc(C)cc2C)cc1. The molecule has 156 valence electrons. The molecule has 3 aromatic rings. The van der Waals surface area contributed by atoms with E-state index < -0.39 is 15.9 Å². The third-order valence-corrected chi connectivity index (χ3v) is 6.67. The van der Waals surface area contributed by atoms with Crippen molar-refractivity contribution in [3.63, 3.8) is 0 Å². The zero-order valence-corrected chi connectivity index (χ0v) is 18.6. The zero-order valence-electron chi connectivity index (χ0n) is 17.0. The maximum Gasteiger partial charge on any atom is 0.264 e. The van der Waals surface area contributed by atoms with E-state index in [1.807, 2.05) is 32.9 Å². The number of hydrogen-bond acceptors (Lipinski definition) is 3. The molecule has 0 atom stereocenters. The number of anilines is 2. The summed E-state index contributed by atoms with van der Waals surface area (Å²) in [5.74, 6) is -0.451. The van der Waals surface area contributed by atoms with Gasteiger partial charge in [0, 0.05) is 10.7 Å². The number of hydrogen-bond donors (Lipinski definition) is 1. The van der Waals surface area contributed by atoms with Crippen LogP contribution in [0, 0.1) is 20.8 Å². The number of halogens is 1. The van der Waals surface area contributed by atoms with Gasteiger partial charge in [-0.3, -0.25) is 9.10 Å². The third-order valence-electron chi connectivity index (χ3n) is 4.65. The molecule has 0 saturated carbocycles. The summed E-state index contributed by atoms with van der Waals surface area (Å²) < 4.78 is 28.0. The van der Waals surface area contributed by atoms with Crippen molar-refractivity contribution in [2.75, 3.05) is 16.2 Å². The molecule has 1 N–H and O–H groups in total. The van der Waals surface area contributed by atoms with E-state index in [9.17, 15) is 13.2 Å². The fraction of sp³-hybridized carbons (Fsp3) is 0.174. The van der Waals surface area contributed by atoms with Crippen LogP contribution in [0.2, 0.25) is 5.02 Å². The molecule has 0 heterocycles. The van der Waals surface area contributed by atoms with Gasteiger partial charge in [0.25, 0.3) is 10.0 Å². The van der Waals surface area contributed by atoms with Gasteiger partial charge < -0.3 is 5.32 Å². The summed E-state index contributed by atoms with van der Waals surface area (Å²) in [6.45, 7) is 5.29. The monoisotopic (exact) mass is 442 g/mol. The van der Waals surface area contributed by atoms with E-state index in [1.165, 1.54) is 0 Å². The van der Waals surface area contributed by atoms with Crippen molar-refractivity contribution >= 4 is 38.9 Å². The van der Waals surface area contributed by atoms with Gasteiger partial charge in [-0.2, -0.15) is 0 Å². The van der Waals surface area contributed by atoms with E-state index in [4.69, 9.17) is 11.6 Å². The molecular weight excluding hydrogens is 420 g/mol. The normalized spacial score (nSPS) is 11.2. The van der Waals surface area contributed by atoms with E-state index in [0.29, 0.717) is 16.4 Å². The zero-order chi connectivity index (χ0) is 21.9. The molecule has 0 unspecified atom stereocenters. The van der Waals surface area contributed by atoms with Crippen LogP contribution in [0.15, 0.2) is 71.6 Å². The average Bonchev–Trinajstić information content (AvgIpc) is 2.69. The largest absolute Gasteiger partial charge is 0.325 e. The van der Waals surface area contributed by atoms with Crippen LogP contribution >= 0.6 is 11.6 Å². The molecule has 7 heteroatoms. The Morgan fingerprint density at radius 3 is 2.10 bits per heavy atom. The Bertz CT molecular complexity index is 1160. The van der Waals surface area contributed by atoms with Gasteiger partial charge in [0.05, 0.1) is 10.6 Å². The highest BCUT2D eigenvalue weighted by Gasteiger charge is 2.28. The number of benzene rings is 3. The van der Waals surface area contributed by atoms with Crippen LogP contribution in [0.5, 0.6) is 0 Å². The topological polar surface area (TPSA) is 66.5 Å². The van der Waals surface area contributed by atoms with Gasteiger partial charge in [-0.05, 0) is 68.8 Å². The standard InChI is InChI=1S/C23H23ClN2O3S/c1-16-4-11-21(12-5-16)30(28,29)26(22-13-6-17(2)14-18(22)3)15-23(27)25-20-9-7-19(24)8-10-20/h4-14H,15H2,1-3H3,(H,25,27). The lowest BCUT2D eigenvalue weighted by atomic mass is 10.1. The second-order valence-electron chi connectivity index (χ2n) is 7.17. The van der Waals surface area contributed by atoms with Crippen LogP contribution in [0.4, 0.5) is 11.4 Å². The lowest BCUT2D eigenvalue weighted by Gasteiger charge is -2.26. The van der Waals surface area contributed by atoms with Crippen LogP contribution < -0.4 is 9.62 Å². The Labute approximate surface area is 182 Å². The molecule has 0 spiro atoms. The first kappa shape index (κ1) is 21.9. The second kappa shape index (κ2) is 8.90. The fourth-order valence-corrected chi connectivity index (χ4v) is 4.70. The summed E-state index contributed by atoms with van der Waals surface area (Å²) in [5, 5.41) is 3.28. The van der Waals surface area contributed by atoms with Gasteiger partial charge >= 0.3 is 0 Å². The van der Waals surface area contributed by atoms with E-state index in [2.05, 4.69) is 5.32 Å². The Balaban J connectivity index is 1.97. The molecule has 1 amide bonds. The van der Waals surface area contributed by atoms with Gasteiger partial charge in [0.15, 0.2) is 0 Å². The van der Waals surface area contributed by atoms with Crippen molar-refractivity contribution in [2.24, 2.45) is 0 Å². The molecule has 0 aromatic heterocycles. The van der Waals surface area contributed by atoms with Crippen LogP contribution in [-0.2, 0) is 14.8 Å². The molecule has 3 aromatic carbocycles. The fourth-order valence-electron chi connectivity index (χ4n) is 3.09. The van der Waals surface area contributed by atoms with Gasteiger partial charge in [0.1, 0.15) is 6.54 Å². The molecule has 3 rings (SSSR count). The van der Waals surface area contributed by atoms with Crippen molar-refractivity contribution in [1.82, 2.24) is 0 Å². The predicted molar refractivity (Wildman–Crippen MR) is 122 cm³/mol. The Morgan fingerprint density at radius 2 is 1.50 bits per heavy atom. The lowest BCUT2D eigenvalue weighted by molar-refractivity contribution is -0.114. The molecular formula is C23H23ClN2O3S. The minimum atomic E-state index is -3.95. The Morgan fingerprint density at radius 1 is 0.900 bits per heavy atom. The average molecular weight is 443 g/mol. The van der Waals surface area contributed by atoms with Crippen molar-refractivity contribution in [3.8, 4) is 0 Å². The second-order valence-corrected chi connectivity index (χ2v) is 9.47. The molecule has 0 fully saturated rings. The highest BCUT2D eigenvalue weighted by molar-refractivity contribution is 7.92. The van der Waals surface area contributed by atoms with Gasteiger partial charge in [-0.25, -0.2) is 8.42 Å². The van der Waals surface area contributed by atoms with Crippen molar-refractivity contribution in [2.45, 2.75) is 25.7 Å². The predicted octanol–water partition coefficient (Wildman–Crippen LogP) is 5.10. The van der Waals surface area contributed by atoms with Crippen LogP contribution in [0.25, 0.3) is 0 Å². The maximum absolute atomic E-state index is 13.4. The molecule has 0 bridgehead atoms. The van der Waals surface area contributed by atoms with Crippen molar-refractivity contribution in [3.05, 3.63) is 88.4 Å². The first-order valence-corrected chi connectivity index (χ1v) is 11.2. The first-order valence-electron chi connectivity index (χ1n) is 9.39. The number of sulfonamides is 1. The quantitative estimate of drug-likeness (QED) is 0.577. The summed E-state index contributed by atoms with van der Waals surface area (Å²) in [6.07, 6.45) is 0. The van der Waals surface area contributed by atoms with E-state index in [0.717, 1.165) is 21.0 Å². The summed E-state index contributed by atoms with van der Waals surface area (Å²) in [4.78, 5) is 12.9. The minimum absolute atomic E-state index is 0.132. The minimum Gasteiger partial charge on any atom is -0.325 e. The number of carbonyl (C=O) groups is 1. The van der Waals surface area contributed by atoms with E-state index in [-0.39, 0.29) is 11.4 Å². The van der Waals surface area contributed by atoms with E-state index in [1.54, 1.807) is 54.6 Å². The Kier molecular flexibility index (Phi) is 6.48. The highest BCUT2D eigenvalue weighted by atomic mass is 35.5. The van der Waals surface area contributed by atoms with E-state index >= 15 is 0 Å². The van der Waals surface area contributed by atoms with Gasteiger partial charge in [-0.1, -0.05) is 47.0 Å². The van der Waals surface area contributed by atoms with Crippen LogP contribution in [0.1, 0.15) is 16.7 Å². The van der Waals surface area contributed by atoms with Crippen molar-refractivity contribution in [1.29, 1.82) is 0 Å². The molecule has 30 heavy (non-hydrogen) atoms. The maximum atomic E-state index is 13.4. The smallest absolute Gasteiger partial charge is 0.264 e. The van der Waals surface area contributed by atoms with Gasteiger partial charge in [-0.15, -0.1) is 0 Å². The third kappa shape index (κ3) is 5.01.